The molecule has 5 rings (SSSR count). The molecule has 3 aromatic rings. The molecule has 0 spiro atoms. The van der Waals surface area contributed by atoms with E-state index >= 15 is 0 Å². The minimum atomic E-state index is -0.467. The highest BCUT2D eigenvalue weighted by Crippen LogP contribution is 2.38. The molecule has 3 heterocycles. The third kappa shape index (κ3) is 4.67. The predicted octanol–water partition coefficient (Wildman–Crippen LogP) is 4.79. The predicted molar refractivity (Wildman–Crippen MR) is 129 cm³/mol. The summed E-state index contributed by atoms with van der Waals surface area (Å²) in [5.74, 6) is 1.55. The van der Waals surface area contributed by atoms with E-state index in [1.165, 1.54) is 37.7 Å². The van der Waals surface area contributed by atoms with Crippen LogP contribution in [0.15, 0.2) is 47.1 Å². The number of fused-ring (bicyclic) bond motifs is 1. The quantitative estimate of drug-likeness (QED) is 0.545. The van der Waals surface area contributed by atoms with E-state index in [1.54, 1.807) is 4.90 Å². The van der Waals surface area contributed by atoms with Crippen molar-refractivity contribution in [3.63, 3.8) is 0 Å². The first-order valence-corrected chi connectivity index (χ1v) is 12.3. The zero-order valence-corrected chi connectivity index (χ0v) is 19.8. The SMILES string of the molecule is CN(C)C(=O)[C@@]1(Cc2cc(C3CCCCC3)no2)CCN(Cc2ccc3ncccc3c2)C1. The van der Waals surface area contributed by atoms with E-state index in [0.29, 0.717) is 12.3 Å². The van der Waals surface area contributed by atoms with Gasteiger partial charge in [0.05, 0.1) is 16.6 Å². The van der Waals surface area contributed by atoms with Crippen molar-refractivity contribution in [2.45, 2.75) is 57.4 Å². The molecule has 1 aromatic carbocycles. The van der Waals surface area contributed by atoms with Crippen LogP contribution >= 0.6 is 0 Å². The Labute approximate surface area is 195 Å². The molecule has 2 fully saturated rings. The van der Waals surface area contributed by atoms with Gasteiger partial charge in [0.15, 0.2) is 0 Å². The molecule has 2 aromatic heterocycles. The molecule has 0 unspecified atom stereocenters. The summed E-state index contributed by atoms with van der Waals surface area (Å²) in [5, 5.41) is 5.57. The Kier molecular flexibility index (Phi) is 6.19. The van der Waals surface area contributed by atoms with Gasteiger partial charge in [-0.2, -0.15) is 0 Å². The first kappa shape index (κ1) is 22.1. The monoisotopic (exact) mass is 446 g/mol. The minimum Gasteiger partial charge on any atom is -0.361 e. The van der Waals surface area contributed by atoms with Gasteiger partial charge in [-0.05, 0) is 49.6 Å². The Hall–Kier alpha value is -2.73. The molecule has 0 radical (unpaired) electrons. The molecule has 1 aliphatic carbocycles. The highest BCUT2D eigenvalue weighted by Gasteiger charge is 2.46. The van der Waals surface area contributed by atoms with Crippen LogP contribution < -0.4 is 0 Å². The van der Waals surface area contributed by atoms with E-state index in [1.807, 2.05) is 26.4 Å². The first-order valence-electron chi connectivity index (χ1n) is 12.3. The van der Waals surface area contributed by atoms with Crippen LogP contribution in [0.5, 0.6) is 0 Å². The number of amides is 1. The van der Waals surface area contributed by atoms with E-state index in [-0.39, 0.29) is 5.91 Å². The van der Waals surface area contributed by atoms with Crippen LogP contribution in [0.4, 0.5) is 0 Å². The van der Waals surface area contributed by atoms with Crippen molar-refractivity contribution >= 4 is 16.8 Å². The molecule has 1 atom stereocenters. The molecule has 33 heavy (non-hydrogen) atoms. The van der Waals surface area contributed by atoms with Crippen molar-refractivity contribution in [2.24, 2.45) is 5.41 Å². The van der Waals surface area contributed by atoms with Gasteiger partial charge in [-0.25, -0.2) is 0 Å². The second kappa shape index (κ2) is 9.26. The van der Waals surface area contributed by atoms with E-state index in [2.05, 4.69) is 45.4 Å². The van der Waals surface area contributed by atoms with Gasteiger partial charge in [0.25, 0.3) is 0 Å². The maximum absolute atomic E-state index is 13.4. The molecular weight excluding hydrogens is 412 g/mol. The van der Waals surface area contributed by atoms with Gasteiger partial charge in [-0.3, -0.25) is 14.7 Å². The summed E-state index contributed by atoms with van der Waals surface area (Å²) in [6.07, 6.45) is 9.54. The second-order valence-electron chi connectivity index (χ2n) is 10.2. The van der Waals surface area contributed by atoms with Crippen LogP contribution in [0.25, 0.3) is 10.9 Å². The third-order valence-corrected chi connectivity index (χ3v) is 7.48. The summed E-state index contributed by atoms with van der Waals surface area (Å²) >= 11 is 0. The number of benzene rings is 1. The van der Waals surface area contributed by atoms with Crippen LogP contribution in [0.1, 0.15) is 61.5 Å². The number of likely N-dealkylation sites (tertiary alicyclic amines) is 1. The van der Waals surface area contributed by atoms with Crippen molar-refractivity contribution in [3.8, 4) is 0 Å². The summed E-state index contributed by atoms with van der Waals surface area (Å²) < 4.78 is 5.79. The molecule has 6 heteroatoms. The van der Waals surface area contributed by atoms with Gasteiger partial charge < -0.3 is 9.42 Å². The Morgan fingerprint density at radius 2 is 2.03 bits per heavy atom. The van der Waals surface area contributed by atoms with Gasteiger partial charge in [0, 0.05) is 57.2 Å². The zero-order valence-electron chi connectivity index (χ0n) is 19.8. The minimum absolute atomic E-state index is 0.184. The lowest BCUT2D eigenvalue weighted by atomic mass is 9.80. The lowest BCUT2D eigenvalue weighted by Crippen LogP contribution is -2.43. The molecule has 2 aliphatic rings. The van der Waals surface area contributed by atoms with Gasteiger partial charge in [0.2, 0.25) is 5.91 Å². The Bertz CT molecular complexity index is 1120. The summed E-state index contributed by atoms with van der Waals surface area (Å²) in [4.78, 5) is 21.9. The molecule has 1 saturated heterocycles. The summed E-state index contributed by atoms with van der Waals surface area (Å²) in [6, 6.07) is 12.6. The molecule has 1 amide bonds. The van der Waals surface area contributed by atoms with E-state index < -0.39 is 5.41 Å². The fraction of sp³-hybridized carbons (Fsp3) is 0.519. The van der Waals surface area contributed by atoms with Crippen LogP contribution in [0.2, 0.25) is 0 Å². The third-order valence-electron chi connectivity index (χ3n) is 7.48. The zero-order chi connectivity index (χ0) is 22.8. The van der Waals surface area contributed by atoms with Crippen LogP contribution in [0.3, 0.4) is 0 Å². The fourth-order valence-corrected chi connectivity index (χ4v) is 5.78. The molecule has 1 aliphatic heterocycles. The van der Waals surface area contributed by atoms with Crippen molar-refractivity contribution in [1.82, 2.24) is 19.9 Å². The van der Waals surface area contributed by atoms with Crippen LogP contribution in [0, 0.1) is 5.41 Å². The van der Waals surface area contributed by atoms with E-state index in [0.717, 1.165) is 48.4 Å². The molecule has 174 valence electrons. The number of hydrogen-bond acceptors (Lipinski definition) is 5. The van der Waals surface area contributed by atoms with Crippen LogP contribution in [-0.2, 0) is 17.8 Å². The molecule has 0 N–H and O–H groups in total. The van der Waals surface area contributed by atoms with E-state index in [9.17, 15) is 4.79 Å². The molecular formula is C27H34N4O2. The lowest BCUT2D eigenvalue weighted by molar-refractivity contribution is -0.139. The topological polar surface area (TPSA) is 62.5 Å². The number of pyridine rings is 1. The van der Waals surface area contributed by atoms with Crippen molar-refractivity contribution in [3.05, 3.63) is 59.6 Å². The Balaban J connectivity index is 1.32. The Morgan fingerprint density at radius 3 is 2.85 bits per heavy atom. The fourth-order valence-electron chi connectivity index (χ4n) is 5.78. The highest BCUT2D eigenvalue weighted by atomic mass is 16.5. The number of carbonyl (C=O) groups excluding carboxylic acids is 1. The summed E-state index contributed by atoms with van der Waals surface area (Å²) in [6.45, 7) is 2.46. The molecule has 6 nitrogen and oxygen atoms in total. The molecule has 0 bridgehead atoms. The van der Waals surface area contributed by atoms with Crippen molar-refractivity contribution in [2.75, 3.05) is 27.2 Å². The highest BCUT2D eigenvalue weighted by molar-refractivity contribution is 5.83. The van der Waals surface area contributed by atoms with Gasteiger partial charge in [-0.15, -0.1) is 0 Å². The number of rotatable bonds is 6. The number of carbonyl (C=O) groups is 1. The number of aromatic nitrogens is 2. The van der Waals surface area contributed by atoms with Crippen molar-refractivity contribution < 1.29 is 9.32 Å². The summed E-state index contributed by atoms with van der Waals surface area (Å²) in [5.41, 5.74) is 2.88. The average molecular weight is 447 g/mol. The number of hydrogen-bond donors (Lipinski definition) is 0. The standard InChI is InChI=1S/C27H34N4O2/c1-30(2)26(32)27(17-23-16-25(29-33-23)21-7-4-3-5-8-21)12-14-31(19-27)18-20-10-11-24-22(15-20)9-6-13-28-24/h6,9-11,13,15-16,21H,3-5,7-8,12,14,17-19H2,1-2H3/t27-/m1/s1. The largest absolute Gasteiger partial charge is 0.361 e. The number of nitrogens with zero attached hydrogens (tertiary/aromatic N) is 4. The maximum atomic E-state index is 13.4. The van der Waals surface area contributed by atoms with Gasteiger partial charge >= 0.3 is 0 Å². The lowest BCUT2D eigenvalue weighted by Gasteiger charge is -2.30. The van der Waals surface area contributed by atoms with Crippen molar-refractivity contribution in [1.29, 1.82) is 0 Å². The average Bonchev–Trinajstić information content (AvgIpc) is 3.47. The van der Waals surface area contributed by atoms with Gasteiger partial charge in [0.1, 0.15) is 5.76 Å². The second-order valence-corrected chi connectivity index (χ2v) is 10.2. The maximum Gasteiger partial charge on any atom is 0.230 e. The first-order chi connectivity index (χ1) is 16.0. The summed E-state index contributed by atoms with van der Waals surface area (Å²) in [7, 11) is 3.72. The van der Waals surface area contributed by atoms with Gasteiger partial charge in [-0.1, -0.05) is 36.6 Å². The smallest absolute Gasteiger partial charge is 0.230 e. The normalized spacial score (nSPS) is 22.1. The van der Waals surface area contributed by atoms with Crippen LogP contribution in [-0.4, -0.2) is 53.0 Å². The van der Waals surface area contributed by atoms with E-state index in [4.69, 9.17) is 4.52 Å². The molecule has 1 saturated carbocycles. The Morgan fingerprint density at radius 1 is 1.18 bits per heavy atom.